The summed E-state index contributed by atoms with van der Waals surface area (Å²) in [5, 5.41) is 0. The van der Waals surface area contributed by atoms with Gasteiger partial charge in [0.2, 0.25) is 0 Å². The van der Waals surface area contributed by atoms with Crippen LogP contribution in [-0.2, 0) is 5.41 Å². The summed E-state index contributed by atoms with van der Waals surface area (Å²) in [6.07, 6.45) is 0. The summed E-state index contributed by atoms with van der Waals surface area (Å²) >= 11 is 0. The highest BCUT2D eigenvalue weighted by molar-refractivity contribution is 6.00. The minimum Gasteiger partial charge on any atom is -0.311 e. The monoisotopic (exact) mass is 635 g/mol. The normalized spacial score (nSPS) is 13.0. The Kier molecular flexibility index (Phi) is 6.47. The SMILES string of the molecule is c1ccc(N(c2ccccc2)c2ccc(-c3cccc(-c4cccc5c4-c4ccccc4C54c5ccccc5-c5ccccc54)c3)cc2)cc1. The molecule has 0 saturated carbocycles. The van der Waals surface area contributed by atoms with E-state index in [2.05, 4.69) is 205 Å². The molecule has 1 spiro atoms. The summed E-state index contributed by atoms with van der Waals surface area (Å²) < 4.78 is 0. The number of anilines is 3. The van der Waals surface area contributed by atoms with Crippen LogP contribution >= 0.6 is 0 Å². The average molecular weight is 636 g/mol. The Balaban J connectivity index is 1.10. The second-order valence-electron chi connectivity index (χ2n) is 13.2. The number of nitrogens with zero attached hydrogens (tertiary/aromatic N) is 1. The quantitative estimate of drug-likeness (QED) is 0.182. The molecular formula is C49H33N. The lowest BCUT2D eigenvalue weighted by Crippen LogP contribution is -2.25. The highest BCUT2D eigenvalue weighted by Crippen LogP contribution is 2.63. The molecule has 2 aliphatic carbocycles. The molecule has 8 aromatic rings. The van der Waals surface area contributed by atoms with Gasteiger partial charge in [0, 0.05) is 17.1 Å². The number of rotatable bonds is 5. The van der Waals surface area contributed by atoms with E-state index in [9.17, 15) is 0 Å². The molecule has 1 heteroatoms. The van der Waals surface area contributed by atoms with Gasteiger partial charge in [-0.2, -0.15) is 0 Å². The summed E-state index contributed by atoms with van der Waals surface area (Å²) in [6, 6.07) is 73.2. The predicted octanol–water partition coefficient (Wildman–Crippen LogP) is 12.8. The van der Waals surface area contributed by atoms with Crippen molar-refractivity contribution in [1.82, 2.24) is 0 Å². The van der Waals surface area contributed by atoms with Gasteiger partial charge in [0.1, 0.15) is 0 Å². The predicted molar refractivity (Wildman–Crippen MR) is 208 cm³/mol. The fourth-order valence-electron chi connectivity index (χ4n) is 8.65. The highest BCUT2D eigenvalue weighted by Gasteiger charge is 2.51. The first-order valence-electron chi connectivity index (χ1n) is 17.4. The van der Waals surface area contributed by atoms with E-state index >= 15 is 0 Å². The summed E-state index contributed by atoms with van der Waals surface area (Å²) in [7, 11) is 0. The molecule has 0 saturated heterocycles. The van der Waals surface area contributed by atoms with Gasteiger partial charge in [-0.15, -0.1) is 0 Å². The minimum atomic E-state index is -0.341. The lowest BCUT2D eigenvalue weighted by atomic mass is 9.70. The second-order valence-corrected chi connectivity index (χ2v) is 13.2. The zero-order valence-electron chi connectivity index (χ0n) is 27.5. The molecule has 2 aliphatic rings. The van der Waals surface area contributed by atoms with Gasteiger partial charge in [-0.05, 0) is 109 Å². The van der Waals surface area contributed by atoms with Crippen LogP contribution < -0.4 is 4.90 Å². The van der Waals surface area contributed by atoms with Crippen molar-refractivity contribution < 1.29 is 0 Å². The van der Waals surface area contributed by atoms with Gasteiger partial charge in [-0.25, -0.2) is 0 Å². The molecule has 0 amide bonds. The maximum absolute atomic E-state index is 2.37. The van der Waals surface area contributed by atoms with Crippen LogP contribution in [0.1, 0.15) is 22.3 Å². The van der Waals surface area contributed by atoms with Crippen molar-refractivity contribution in [2.45, 2.75) is 5.41 Å². The molecule has 8 aromatic carbocycles. The Morgan fingerprint density at radius 2 is 0.720 bits per heavy atom. The molecule has 0 fully saturated rings. The molecule has 0 aliphatic heterocycles. The first-order chi connectivity index (χ1) is 24.8. The second kappa shape index (κ2) is 11.3. The smallest absolute Gasteiger partial charge is 0.0725 e. The topological polar surface area (TPSA) is 3.24 Å². The molecule has 234 valence electrons. The van der Waals surface area contributed by atoms with Crippen LogP contribution in [0.3, 0.4) is 0 Å². The van der Waals surface area contributed by atoms with Crippen molar-refractivity contribution in [1.29, 1.82) is 0 Å². The summed E-state index contributed by atoms with van der Waals surface area (Å²) in [6.45, 7) is 0. The molecule has 0 N–H and O–H groups in total. The van der Waals surface area contributed by atoms with E-state index in [4.69, 9.17) is 0 Å². The van der Waals surface area contributed by atoms with E-state index in [1.807, 2.05) is 0 Å². The van der Waals surface area contributed by atoms with Gasteiger partial charge in [-0.3, -0.25) is 0 Å². The van der Waals surface area contributed by atoms with Crippen molar-refractivity contribution in [2.24, 2.45) is 0 Å². The fraction of sp³-hybridized carbons (Fsp3) is 0.0204. The van der Waals surface area contributed by atoms with E-state index in [1.54, 1.807) is 0 Å². The zero-order chi connectivity index (χ0) is 33.1. The van der Waals surface area contributed by atoms with Gasteiger partial charge >= 0.3 is 0 Å². The van der Waals surface area contributed by atoms with Gasteiger partial charge < -0.3 is 4.90 Å². The summed E-state index contributed by atoms with van der Waals surface area (Å²) in [4.78, 5) is 2.31. The molecule has 0 aromatic heterocycles. The standard InChI is InChI=1S/C49H33N/c1-3-17-37(18-4-1)50(38-19-5-2-6-20-38)39-31-29-34(30-32-39)35-15-13-16-36(33-35)40-24-14-28-47-48(40)43-23-9-12-27-46(43)49(47)44-25-10-7-21-41(44)42-22-8-11-26-45(42)49/h1-33H. The van der Waals surface area contributed by atoms with Gasteiger partial charge in [0.25, 0.3) is 0 Å². The van der Waals surface area contributed by atoms with Crippen LogP contribution in [0.2, 0.25) is 0 Å². The van der Waals surface area contributed by atoms with Crippen LogP contribution in [0, 0.1) is 0 Å². The third-order valence-electron chi connectivity index (χ3n) is 10.7. The molecular weight excluding hydrogens is 603 g/mol. The van der Waals surface area contributed by atoms with Crippen LogP contribution in [0.5, 0.6) is 0 Å². The lowest BCUT2D eigenvalue weighted by Gasteiger charge is -2.30. The van der Waals surface area contributed by atoms with Crippen LogP contribution in [-0.4, -0.2) is 0 Å². The lowest BCUT2D eigenvalue weighted by molar-refractivity contribution is 0.794. The summed E-state index contributed by atoms with van der Waals surface area (Å²) in [5.41, 5.74) is 18.8. The molecule has 10 rings (SSSR count). The van der Waals surface area contributed by atoms with Crippen molar-refractivity contribution in [3.63, 3.8) is 0 Å². The number of para-hydroxylation sites is 2. The van der Waals surface area contributed by atoms with Crippen molar-refractivity contribution in [2.75, 3.05) is 4.90 Å². The first kappa shape index (κ1) is 28.6. The minimum absolute atomic E-state index is 0.341. The van der Waals surface area contributed by atoms with E-state index in [1.165, 1.54) is 66.8 Å². The van der Waals surface area contributed by atoms with E-state index in [-0.39, 0.29) is 5.41 Å². The van der Waals surface area contributed by atoms with Gasteiger partial charge in [-0.1, -0.05) is 158 Å². The summed E-state index contributed by atoms with van der Waals surface area (Å²) in [5.74, 6) is 0. The molecule has 0 bridgehead atoms. The van der Waals surface area contributed by atoms with Gasteiger partial charge in [0.05, 0.1) is 5.41 Å². The number of hydrogen-bond donors (Lipinski definition) is 0. The first-order valence-corrected chi connectivity index (χ1v) is 17.4. The molecule has 0 unspecified atom stereocenters. The molecule has 50 heavy (non-hydrogen) atoms. The average Bonchev–Trinajstić information content (AvgIpc) is 3.67. The fourth-order valence-corrected chi connectivity index (χ4v) is 8.65. The number of hydrogen-bond acceptors (Lipinski definition) is 1. The Bertz CT molecular complexity index is 2440. The zero-order valence-corrected chi connectivity index (χ0v) is 27.5. The third-order valence-corrected chi connectivity index (χ3v) is 10.7. The van der Waals surface area contributed by atoms with E-state index < -0.39 is 0 Å². The van der Waals surface area contributed by atoms with Crippen LogP contribution in [0.4, 0.5) is 17.1 Å². The van der Waals surface area contributed by atoms with Crippen LogP contribution in [0.15, 0.2) is 200 Å². The number of fused-ring (bicyclic) bond motifs is 10. The van der Waals surface area contributed by atoms with Crippen molar-refractivity contribution in [3.05, 3.63) is 222 Å². The molecule has 0 radical (unpaired) electrons. The maximum atomic E-state index is 2.37. The number of benzene rings is 8. The van der Waals surface area contributed by atoms with Crippen molar-refractivity contribution >= 4 is 17.1 Å². The molecule has 1 nitrogen and oxygen atoms in total. The highest BCUT2D eigenvalue weighted by atomic mass is 15.1. The Labute approximate surface area is 293 Å². The Morgan fingerprint density at radius 1 is 0.280 bits per heavy atom. The van der Waals surface area contributed by atoms with E-state index in [0.29, 0.717) is 0 Å². The Morgan fingerprint density at radius 3 is 1.34 bits per heavy atom. The van der Waals surface area contributed by atoms with Crippen LogP contribution in [0.25, 0.3) is 44.5 Å². The molecule has 0 heterocycles. The maximum Gasteiger partial charge on any atom is 0.0725 e. The van der Waals surface area contributed by atoms with Crippen molar-refractivity contribution in [3.8, 4) is 44.5 Å². The van der Waals surface area contributed by atoms with Gasteiger partial charge in [0.15, 0.2) is 0 Å². The Hall–Kier alpha value is -6.44. The van der Waals surface area contributed by atoms with E-state index in [0.717, 1.165) is 17.1 Å². The molecule has 0 atom stereocenters. The largest absolute Gasteiger partial charge is 0.311 e. The third kappa shape index (κ3) is 4.14.